The van der Waals surface area contributed by atoms with Crippen molar-refractivity contribution in [3.63, 3.8) is 0 Å². The van der Waals surface area contributed by atoms with Crippen molar-refractivity contribution in [2.24, 2.45) is 0 Å². The number of rotatable bonds is 3. The predicted octanol–water partition coefficient (Wildman–Crippen LogP) is 6.04. The van der Waals surface area contributed by atoms with E-state index in [1.54, 1.807) is 0 Å². The lowest BCUT2D eigenvalue weighted by Gasteiger charge is -2.26. The Morgan fingerprint density at radius 2 is 1.45 bits per heavy atom. The molecule has 31 heavy (non-hydrogen) atoms. The summed E-state index contributed by atoms with van der Waals surface area (Å²) in [4.78, 5) is 25.4. The van der Waals surface area contributed by atoms with Crippen LogP contribution in [0.3, 0.4) is 0 Å². The summed E-state index contributed by atoms with van der Waals surface area (Å²) in [5, 5.41) is 0. The van der Waals surface area contributed by atoms with Crippen LogP contribution in [0.1, 0.15) is 80.8 Å². The van der Waals surface area contributed by atoms with Crippen LogP contribution in [0.4, 0.5) is 0 Å². The van der Waals surface area contributed by atoms with E-state index >= 15 is 0 Å². The first-order chi connectivity index (χ1) is 14.2. The minimum atomic E-state index is -0.662. The van der Waals surface area contributed by atoms with E-state index in [1.807, 2.05) is 32.0 Å². The lowest BCUT2D eigenvalue weighted by molar-refractivity contribution is -0.133. The highest BCUT2D eigenvalue weighted by Gasteiger charge is 2.41. The average molecular weight is 421 g/mol. The van der Waals surface area contributed by atoms with Gasteiger partial charge in [-0.1, -0.05) is 83.5 Å². The fourth-order valence-corrected chi connectivity index (χ4v) is 4.10. The fourth-order valence-electron chi connectivity index (χ4n) is 4.10. The highest BCUT2D eigenvalue weighted by atomic mass is 16.5. The van der Waals surface area contributed by atoms with Crippen molar-refractivity contribution in [3.8, 4) is 11.5 Å². The molecule has 0 fully saturated rings. The maximum atomic E-state index is 13.2. The molecule has 1 aliphatic rings. The molecule has 1 atom stereocenters. The molecule has 0 saturated carbocycles. The number of carbonyl (C=O) groups excluding carboxylic acids is 2. The molecule has 0 N–H and O–H groups in total. The van der Waals surface area contributed by atoms with E-state index < -0.39 is 11.9 Å². The van der Waals surface area contributed by atoms with Gasteiger partial charge >= 0.3 is 11.9 Å². The molecular formula is C27H32O4. The Labute approximate surface area is 185 Å². The average Bonchev–Trinajstić information content (AvgIpc) is 2.95. The van der Waals surface area contributed by atoms with Crippen LogP contribution in [-0.2, 0) is 20.4 Å². The molecule has 0 radical (unpaired) electrons. The van der Waals surface area contributed by atoms with Crippen LogP contribution >= 0.6 is 0 Å². The van der Waals surface area contributed by atoms with Gasteiger partial charge in [0.2, 0.25) is 0 Å². The van der Waals surface area contributed by atoms with E-state index in [1.165, 1.54) is 0 Å². The van der Waals surface area contributed by atoms with Crippen LogP contribution in [-0.4, -0.2) is 11.9 Å². The van der Waals surface area contributed by atoms with Crippen molar-refractivity contribution in [2.45, 2.75) is 72.1 Å². The summed E-state index contributed by atoms with van der Waals surface area (Å²) < 4.78 is 11.6. The van der Waals surface area contributed by atoms with Crippen LogP contribution in [0.2, 0.25) is 0 Å². The van der Waals surface area contributed by atoms with E-state index in [2.05, 4.69) is 54.2 Å². The van der Waals surface area contributed by atoms with Crippen LogP contribution in [0.15, 0.2) is 36.9 Å². The van der Waals surface area contributed by atoms with Crippen LogP contribution in [0.25, 0.3) is 0 Å². The standard InChI is InChI=1S/C27H32O4/c1-10-21(28)30-23-17(11-15(2)13-19(23)26(4,5)6)22-18-12-16(3)14-20(27(7,8)9)24(18)31-25(22)29/h10-14,22H,1H2,2-9H3. The Balaban J connectivity index is 2.34. The van der Waals surface area contributed by atoms with Gasteiger partial charge in [0.15, 0.2) is 0 Å². The largest absolute Gasteiger partial charge is 0.425 e. The molecule has 4 heteroatoms. The summed E-state index contributed by atoms with van der Waals surface area (Å²) in [6.45, 7) is 20.0. The highest BCUT2D eigenvalue weighted by Crippen LogP contribution is 2.49. The number of esters is 2. The number of hydrogen-bond acceptors (Lipinski definition) is 4. The minimum absolute atomic E-state index is 0.188. The van der Waals surface area contributed by atoms with Gasteiger partial charge in [-0.15, -0.1) is 0 Å². The zero-order valence-electron chi connectivity index (χ0n) is 19.8. The Kier molecular flexibility index (Phi) is 5.64. The van der Waals surface area contributed by atoms with Gasteiger partial charge in [-0.3, -0.25) is 4.79 Å². The number of hydrogen-bond donors (Lipinski definition) is 0. The monoisotopic (exact) mass is 420 g/mol. The third-order valence-electron chi connectivity index (χ3n) is 5.57. The molecule has 0 saturated heterocycles. The van der Waals surface area contributed by atoms with Crippen molar-refractivity contribution in [1.82, 2.24) is 0 Å². The highest BCUT2D eigenvalue weighted by molar-refractivity contribution is 5.92. The van der Waals surface area contributed by atoms with Crippen molar-refractivity contribution in [1.29, 1.82) is 0 Å². The summed E-state index contributed by atoms with van der Waals surface area (Å²) in [5.41, 5.74) is 4.88. The van der Waals surface area contributed by atoms with Crippen LogP contribution < -0.4 is 9.47 Å². The molecule has 0 aromatic heterocycles. The molecule has 1 aliphatic heterocycles. The van der Waals surface area contributed by atoms with Crippen molar-refractivity contribution in [3.05, 3.63) is 70.3 Å². The summed E-state index contributed by atoms with van der Waals surface area (Å²) in [6, 6.07) is 8.00. The van der Waals surface area contributed by atoms with Gasteiger partial charge in [0.25, 0.3) is 0 Å². The number of ether oxygens (including phenoxy) is 2. The second-order valence-corrected chi connectivity index (χ2v) is 10.4. The first kappa shape index (κ1) is 22.8. The summed E-state index contributed by atoms with van der Waals surface area (Å²) in [5.74, 6) is -0.539. The molecule has 3 rings (SSSR count). The molecular weight excluding hydrogens is 388 g/mol. The maximum absolute atomic E-state index is 13.2. The normalized spacial score (nSPS) is 16.0. The molecule has 0 amide bonds. The zero-order chi connectivity index (χ0) is 23.3. The van der Waals surface area contributed by atoms with Gasteiger partial charge in [0.1, 0.15) is 17.4 Å². The first-order valence-corrected chi connectivity index (χ1v) is 10.6. The van der Waals surface area contributed by atoms with Gasteiger partial charge in [-0.2, -0.15) is 0 Å². The second-order valence-electron chi connectivity index (χ2n) is 10.4. The molecule has 1 heterocycles. The quantitative estimate of drug-likeness (QED) is 0.345. The minimum Gasteiger partial charge on any atom is -0.425 e. The zero-order valence-corrected chi connectivity index (χ0v) is 19.8. The van der Waals surface area contributed by atoms with E-state index in [9.17, 15) is 9.59 Å². The third-order valence-corrected chi connectivity index (χ3v) is 5.57. The van der Waals surface area contributed by atoms with E-state index in [0.29, 0.717) is 17.1 Å². The Hall–Kier alpha value is -2.88. The summed E-state index contributed by atoms with van der Waals surface area (Å²) >= 11 is 0. The van der Waals surface area contributed by atoms with Gasteiger partial charge in [0.05, 0.1) is 0 Å². The topological polar surface area (TPSA) is 52.6 Å². The Morgan fingerprint density at radius 1 is 0.935 bits per heavy atom. The molecule has 164 valence electrons. The smallest absolute Gasteiger partial charge is 0.335 e. The van der Waals surface area contributed by atoms with Crippen molar-refractivity contribution < 1.29 is 19.1 Å². The summed E-state index contributed by atoms with van der Waals surface area (Å²) in [6.07, 6.45) is 1.14. The second kappa shape index (κ2) is 7.67. The molecule has 0 aliphatic carbocycles. The van der Waals surface area contributed by atoms with E-state index in [-0.39, 0.29) is 16.8 Å². The lowest BCUT2D eigenvalue weighted by atomic mass is 9.79. The molecule has 0 bridgehead atoms. The predicted molar refractivity (Wildman–Crippen MR) is 123 cm³/mol. The van der Waals surface area contributed by atoms with Gasteiger partial charge in [-0.25, -0.2) is 4.79 Å². The van der Waals surface area contributed by atoms with Crippen LogP contribution in [0, 0.1) is 13.8 Å². The molecule has 2 aromatic carbocycles. The van der Waals surface area contributed by atoms with Gasteiger partial charge in [0, 0.05) is 28.3 Å². The number of aryl methyl sites for hydroxylation is 2. The van der Waals surface area contributed by atoms with Crippen molar-refractivity contribution >= 4 is 11.9 Å². The Morgan fingerprint density at radius 3 is 1.97 bits per heavy atom. The SMILES string of the molecule is C=CC(=O)Oc1c(C2C(=O)Oc3c2cc(C)cc3C(C)(C)C)cc(C)cc1C(C)(C)C. The van der Waals surface area contributed by atoms with Crippen molar-refractivity contribution in [2.75, 3.05) is 0 Å². The van der Waals surface area contributed by atoms with Gasteiger partial charge in [-0.05, 0) is 24.7 Å². The lowest BCUT2D eigenvalue weighted by Crippen LogP contribution is -2.20. The molecule has 0 spiro atoms. The first-order valence-electron chi connectivity index (χ1n) is 10.6. The Bertz CT molecular complexity index is 1080. The third kappa shape index (κ3) is 4.30. The number of carbonyl (C=O) groups is 2. The number of benzene rings is 2. The van der Waals surface area contributed by atoms with E-state index in [4.69, 9.17) is 9.47 Å². The molecule has 1 unspecified atom stereocenters. The summed E-state index contributed by atoms with van der Waals surface area (Å²) in [7, 11) is 0. The van der Waals surface area contributed by atoms with E-state index in [0.717, 1.165) is 33.9 Å². The fraction of sp³-hybridized carbons (Fsp3) is 0.407. The molecule has 2 aromatic rings. The van der Waals surface area contributed by atoms with Crippen LogP contribution in [0.5, 0.6) is 11.5 Å². The molecule has 4 nitrogen and oxygen atoms in total. The maximum Gasteiger partial charge on any atom is 0.335 e. The van der Waals surface area contributed by atoms with Gasteiger partial charge < -0.3 is 9.47 Å². The number of fused-ring (bicyclic) bond motifs is 1.